The molecule has 3 N–H and O–H groups in total. The Kier molecular flexibility index (Phi) is 5.40. The Labute approximate surface area is 138 Å². The van der Waals surface area contributed by atoms with Crippen molar-refractivity contribution in [3.05, 3.63) is 23.2 Å². The van der Waals surface area contributed by atoms with Crippen LogP contribution in [0.1, 0.15) is 63.7 Å². The lowest BCUT2D eigenvalue weighted by Crippen LogP contribution is -2.42. The standard InChI is InChI=1S/C18H30N2O3/c1-11(6-12(2)21)10-19-17(22)20-15-8-18(4,5)9-16-14(15)7-13(3)23-16/h7,11-12,15,21H,6,8-10H2,1-5H3,(H2,19,20,22). The number of furan rings is 1. The van der Waals surface area contributed by atoms with Crippen molar-refractivity contribution in [1.29, 1.82) is 0 Å². The lowest BCUT2D eigenvalue weighted by molar-refractivity contribution is 0.162. The minimum atomic E-state index is -0.342. The van der Waals surface area contributed by atoms with Gasteiger partial charge in [-0.2, -0.15) is 0 Å². The molecule has 5 heteroatoms. The Morgan fingerprint density at radius 1 is 1.48 bits per heavy atom. The minimum absolute atomic E-state index is 0.0155. The zero-order valence-electron chi connectivity index (χ0n) is 14.9. The number of amides is 2. The average molecular weight is 322 g/mol. The maximum atomic E-state index is 12.2. The number of fused-ring (bicyclic) bond motifs is 1. The van der Waals surface area contributed by atoms with E-state index >= 15 is 0 Å². The van der Waals surface area contributed by atoms with Gasteiger partial charge in [-0.15, -0.1) is 0 Å². The summed E-state index contributed by atoms with van der Waals surface area (Å²) in [6.07, 6.45) is 2.14. The van der Waals surface area contributed by atoms with Crippen molar-refractivity contribution in [2.75, 3.05) is 6.54 Å². The number of hydrogen-bond donors (Lipinski definition) is 3. The van der Waals surface area contributed by atoms with Crippen LogP contribution in [0.4, 0.5) is 4.79 Å². The average Bonchev–Trinajstić information content (AvgIpc) is 2.74. The van der Waals surface area contributed by atoms with E-state index in [2.05, 4.69) is 24.5 Å². The summed E-state index contributed by atoms with van der Waals surface area (Å²) in [7, 11) is 0. The lowest BCUT2D eigenvalue weighted by Gasteiger charge is -2.34. The van der Waals surface area contributed by atoms with Crippen molar-refractivity contribution in [3.63, 3.8) is 0 Å². The molecule has 0 saturated carbocycles. The third-order valence-electron chi connectivity index (χ3n) is 4.40. The molecule has 1 aliphatic carbocycles. The summed E-state index contributed by atoms with van der Waals surface area (Å²) in [6.45, 7) is 10.7. The van der Waals surface area contributed by atoms with Crippen LogP contribution >= 0.6 is 0 Å². The van der Waals surface area contributed by atoms with Gasteiger partial charge < -0.3 is 20.2 Å². The summed E-state index contributed by atoms with van der Waals surface area (Å²) in [5.74, 6) is 2.13. The van der Waals surface area contributed by atoms with Gasteiger partial charge in [-0.05, 0) is 44.1 Å². The fourth-order valence-electron chi connectivity index (χ4n) is 3.46. The van der Waals surface area contributed by atoms with Crippen LogP contribution in [-0.4, -0.2) is 23.8 Å². The van der Waals surface area contributed by atoms with Gasteiger partial charge in [-0.3, -0.25) is 0 Å². The molecule has 0 fully saturated rings. The number of hydrogen-bond acceptors (Lipinski definition) is 3. The van der Waals surface area contributed by atoms with E-state index in [1.807, 2.05) is 19.9 Å². The first-order valence-corrected chi connectivity index (χ1v) is 8.48. The van der Waals surface area contributed by atoms with Crippen LogP contribution in [0, 0.1) is 18.3 Å². The highest BCUT2D eigenvalue weighted by atomic mass is 16.3. The van der Waals surface area contributed by atoms with Gasteiger partial charge in [0.15, 0.2) is 0 Å². The predicted octanol–water partition coefficient (Wildman–Crippen LogP) is 3.31. The van der Waals surface area contributed by atoms with Crippen molar-refractivity contribution in [3.8, 4) is 0 Å². The summed E-state index contributed by atoms with van der Waals surface area (Å²) in [6, 6.07) is 1.86. The fourth-order valence-corrected chi connectivity index (χ4v) is 3.46. The summed E-state index contributed by atoms with van der Waals surface area (Å²) < 4.78 is 5.80. The number of nitrogens with one attached hydrogen (secondary N) is 2. The molecule has 23 heavy (non-hydrogen) atoms. The lowest BCUT2D eigenvalue weighted by atomic mass is 9.75. The first kappa shape index (κ1) is 17.9. The Hall–Kier alpha value is -1.49. The van der Waals surface area contributed by atoms with Crippen molar-refractivity contribution < 1.29 is 14.3 Å². The second kappa shape index (κ2) is 6.95. The molecule has 1 aliphatic rings. The molecule has 0 spiro atoms. The molecule has 0 bridgehead atoms. The van der Waals surface area contributed by atoms with Gasteiger partial charge in [0.25, 0.3) is 0 Å². The van der Waals surface area contributed by atoms with E-state index in [9.17, 15) is 9.90 Å². The Morgan fingerprint density at radius 3 is 2.83 bits per heavy atom. The van der Waals surface area contributed by atoms with E-state index in [1.165, 1.54) is 0 Å². The highest BCUT2D eigenvalue weighted by Gasteiger charge is 2.35. The second-order valence-corrected chi connectivity index (χ2v) is 7.88. The molecule has 2 rings (SSSR count). The van der Waals surface area contributed by atoms with Crippen molar-refractivity contribution in [1.82, 2.24) is 10.6 Å². The van der Waals surface area contributed by atoms with E-state index < -0.39 is 0 Å². The molecule has 1 heterocycles. The number of aliphatic hydroxyl groups excluding tert-OH is 1. The zero-order valence-corrected chi connectivity index (χ0v) is 14.9. The molecule has 1 aromatic rings. The molecule has 130 valence electrons. The second-order valence-electron chi connectivity index (χ2n) is 7.88. The van der Waals surface area contributed by atoms with Crippen LogP contribution in [0.5, 0.6) is 0 Å². The summed E-state index contributed by atoms with van der Waals surface area (Å²) in [5.41, 5.74) is 1.21. The van der Waals surface area contributed by atoms with Crippen LogP contribution in [0.3, 0.4) is 0 Å². The highest BCUT2D eigenvalue weighted by Crippen LogP contribution is 2.41. The molecular formula is C18H30N2O3. The number of carbonyl (C=O) groups is 1. The van der Waals surface area contributed by atoms with Gasteiger partial charge in [-0.25, -0.2) is 4.79 Å². The van der Waals surface area contributed by atoms with Gasteiger partial charge in [0.2, 0.25) is 0 Å². The van der Waals surface area contributed by atoms with E-state index in [0.717, 1.165) is 29.9 Å². The number of aryl methyl sites for hydroxylation is 1. The van der Waals surface area contributed by atoms with Crippen molar-refractivity contribution in [2.24, 2.45) is 11.3 Å². The van der Waals surface area contributed by atoms with E-state index in [0.29, 0.717) is 13.0 Å². The van der Waals surface area contributed by atoms with Crippen molar-refractivity contribution in [2.45, 2.75) is 66.0 Å². The van der Waals surface area contributed by atoms with E-state index in [1.54, 1.807) is 6.92 Å². The summed E-state index contributed by atoms with van der Waals surface area (Å²) >= 11 is 0. The number of carbonyl (C=O) groups excluding carboxylic acids is 1. The Bertz CT molecular complexity index is 548. The Balaban J connectivity index is 1.95. The molecule has 2 amide bonds. The first-order valence-electron chi connectivity index (χ1n) is 8.48. The molecule has 0 radical (unpaired) electrons. The summed E-state index contributed by atoms with van der Waals surface area (Å²) in [5, 5.41) is 15.4. The van der Waals surface area contributed by atoms with Crippen LogP contribution in [0.25, 0.3) is 0 Å². The largest absolute Gasteiger partial charge is 0.466 e. The van der Waals surface area contributed by atoms with Gasteiger partial charge in [0, 0.05) is 18.5 Å². The van der Waals surface area contributed by atoms with Crippen molar-refractivity contribution >= 4 is 6.03 Å². The molecule has 3 atom stereocenters. The maximum absolute atomic E-state index is 12.2. The number of aliphatic hydroxyl groups is 1. The molecule has 0 saturated heterocycles. The van der Waals surface area contributed by atoms with Gasteiger partial charge >= 0.3 is 6.03 Å². The molecule has 0 aromatic carbocycles. The zero-order chi connectivity index (χ0) is 17.2. The quantitative estimate of drug-likeness (QED) is 0.778. The minimum Gasteiger partial charge on any atom is -0.466 e. The third-order valence-corrected chi connectivity index (χ3v) is 4.40. The highest BCUT2D eigenvalue weighted by molar-refractivity contribution is 5.74. The van der Waals surface area contributed by atoms with Crippen LogP contribution < -0.4 is 10.6 Å². The van der Waals surface area contributed by atoms with Crippen LogP contribution in [-0.2, 0) is 6.42 Å². The van der Waals surface area contributed by atoms with E-state index in [-0.39, 0.29) is 29.5 Å². The topological polar surface area (TPSA) is 74.5 Å². The number of urea groups is 1. The first-order chi connectivity index (χ1) is 10.7. The molecule has 3 unspecified atom stereocenters. The van der Waals surface area contributed by atoms with Gasteiger partial charge in [0.1, 0.15) is 11.5 Å². The van der Waals surface area contributed by atoms with Crippen LogP contribution in [0.15, 0.2) is 10.5 Å². The van der Waals surface area contributed by atoms with Crippen LogP contribution in [0.2, 0.25) is 0 Å². The number of rotatable bonds is 5. The third kappa shape index (κ3) is 4.99. The Morgan fingerprint density at radius 2 is 2.17 bits per heavy atom. The molecule has 5 nitrogen and oxygen atoms in total. The molecular weight excluding hydrogens is 292 g/mol. The maximum Gasteiger partial charge on any atom is 0.315 e. The summed E-state index contributed by atoms with van der Waals surface area (Å²) in [4.78, 5) is 12.2. The smallest absolute Gasteiger partial charge is 0.315 e. The normalized spacial score (nSPS) is 22.1. The predicted molar refractivity (Wildman–Crippen MR) is 90.3 cm³/mol. The van der Waals surface area contributed by atoms with E-state index in [4.69, 9.17) is 4.42 Å². The van der Waals surface area contributed by atoms with Gasteiger partial charge in [-0.1, -0.05) is 20.8 Å². The fraction of sp³-hybridized carbons (Fsp3) is 0.722. The molecule has 0 aliphatic heterocycles. The SMILES string of the molecule is Cc1cc2c(o1)CC(C)(C)CC2NC(=O)NCC(C)CC(C)O. The van der Waals surface area contributed by atoms with Gasteiger partial charge in [0.05, 0.1) is 12.1 Å². The monoisotopic (exact) mass is 322 g/mol. The molecule has 1 aromatic heterocycles.